The first-order chi connectivity index (χ1) is 14.2. The number of aryl methyl sites for hydroxylation is 1. The van der Waals surface area contributed by atoms with E-state index in [0.29, 0.717) is 30.0 Å². The molecule has 2 heterocycles. The van der Waals surface area contributed by atoms with Crippen molar-refractivity contribution in [3.05, 3.63) is 63.1 Å². The number of carbonyl (C=O) groups excluding carboxylic acids is 1. The van der Waals surface area contributed by atoms with E-state index in [-0.39, 0.29) is 35.3 Å². The second-order valence-corrected chi connectivity index (χ2v) is 8.24. The van der Waals surface area contributed by atoms with Crippen LogP contribution < -0.4 is 11.3 Å². The summed E-state index contributed by atoms with van der Waals surface area (Å²) >= 11 is 0. The zero-order chi connectivity index (χ0) is 22.0. The fourth-order valence-electron chi connectivity index (χ4n) is 3.93. The van der Waals surface area contributed by atoms with Crippen LogP contribution in [0.15, 0.2) is 40.2 Å². The van der Waals surface area contributed by atoms with Crippen molar-refractivity contribution in [3.63, 3.8) is 0 Å². The predicted molar refractivity (Wildman–Crippen MR) is 119 cm³/mol. The second kappa shape index (κ2) is 8.83. The Bertz CT molecular complexity index is 1020. The average Bonchev–Trinajstić information content (AvgIpc) is 2.67. The number of amidine groups is 1. The summed E-state index contributed by atoms with van der Waals surface area (Å²) in [7, 11) is 0. The molecule has 160 valence electrons. The number of benzene rings is 1. The van der Waals surface area contributed by atoms with Crippen molar-refractivity contribution in [2.75, 3.05) is 13.2 Å². The number of H-pyrrole nitrogens is 1. The quantitative estimate of drug-likeness (QED) is 0.597. The third-order valence-corrected chi connectivity index (χ3v) is 5.46. The molecular weight excluding hydrogens is 380 g/mol. The number of nitrogens with one attached hydrogen (secondary N) is 1. The lowest BCUT2D eigenvalue weighted by atomic mass is 9.98. The van der Waals surface area contributed by atoms with Crippen LogP contribution in [-0.4, -0.2) is 46.9 Å². The molecule has 7 heteroatoms. The smallest absolute Gasteiger partial charge is 0.259 e. The summed E-state index contributed by atoms with van der Waals surface area (Å²) in [4.78, 5) is 34.5. The van der Waals surface area contributed by atoms with Gasteiger partial charge in [-0.25, -0.2) is 4.99 Å². The zero-order valence-corrected chi connectivity index (χ0v) is 18.2. The van der Waals surface area contributed by atoms with Crippen LogP contribution in [-0.2, 0) is 4.74 Å². The van der Waals surface area contributed by atoms with Gasteiger partial charge in [0.1, 0.15) is 5.84 Å². The number of hydrogen-bond acceptors (Lipinski definition) is 4. The lowest BCUT2D eigenvalue weighted by Crippen LogP contribution is -2.52. The number of aromatic amines is 1. The molecule has 0 aliphatic carbocycles. The number of pyridine rings is 1. The van der Waals surface area contributed by atoms with Crippen LogP contribution in [0.4, 0.5) is 5.69 Å². The van der Waals surface area contributed by atoms with Gasteiger partial charge >= 0.3 is 0 Å². The van der Waals surface area contributed by atoms with Gasteiger partial charge in [0.2, 0.25) is 0 Å². The molecule has 3 N–H and O–H groups in total. The maximum atomic E-state index is 13.1. The van der Waals surface area contributed by atoms with Crippen LogP contribution in [0.1, 0.15) is 60.7 Å². The molecule has 2 aromatic rings. The summed E-state index contributed by atoms with van der Waals surface area (Å²) in [6.45, 7) is 11.0. The summed E-state index contributed by atoms with van der Waals surface area (Å²) in [6, 6.07) is 7.25. The lowest BCUT2D eigenvalue weighted by molar-refractivity contribution is -0.0249. The van der Waals surface area contributed by atoms with Crippen molar-refractivity contribution < 1.29 is 9.53 Å². The van der Waals surface area contributed by atoms with Gasteiger partial charge in [0, 0.05) is 11.8 Å². The molecular formula is C23H30N4O3. The molecule has 1 aromatic carbocycles. The molecule has 30 heavy (non-hydrogen) atoms. The molecule has 7 nitrogen and oxygen atoms in total. The van der Waals surface area contributed by atoms with Crippen molar-refractivity contribution in [2.45, 2.75) is 52.6 Å². The van der Waals surface area contributed by atoms with Crippen molar-refractivity contribution in [3.8, 4) is 0 Å². The number of nitrogens with two attached hydrogens (primary N) is 1. The van der Waals surface area contributed by atoms with Crippen molar-refractivity contribution in [1.82, 2.24) is 9.88 Å². The molecule has 1 aromatic heterocycles. The van der Waals surface area contributed by atoms with Gasteiger partial charge < -0.3 is 20.4 Å². The van der Waals surface area contributed by atoms with E-state index >= 15 is 0 Å². The van der Waals surface area contributed by atoms with Crippen molar-refractivity contribution in [2.24, 2.45) is 10.7 Å². The lowest BCUT2D eigenvalue weighted by Gasteiger charge is -2.39. The van der Waals surface area contributed by atoms with Gasteiger partial charge in [-0.1, -0.05) is 13.8 Å². The molecule has 1 aliphatic rings. The minimum absolute atomic E-state index is 0.0131. The Labute approximate surface area is 177 Å². The van der Waals surface area contributed by atoms with E-state index in [4.69, 9.17) is 10.5 Å². The molecule has 1 fully saturated rings. The minimum atomic E-state index is -0.263. The Balaban J connectivity index is 1.93. The molecule has 2 unspecified atom stereocenters. The van der Waals surface area contributed by atoms with Gasteiger partial charge in [-0.2, -0.15) is 0 Å². The molecule has 0 bridgehead atoms. The number of aliphatic imine (C=N–C) groups is 1. The summed E-state index contributed by atoms with van der Waals surface area (Å²) in [6.07, 6.45) is 1.62. The second-order valence-electron chi connectivity index (χ2n) is 8.24. The molecule has 3 rings (SSSR count). The van der Waals surface area contributed by atoms with Gasteiger partial charge in [-0.3, -0.25) is 9.59 Å². The maximum Gasteiger partial charge on any atom is 0.259 e. The summed E-state index contributed by atoms with van der Waals surface area (Å²) in [5.74, 6) is 0.283. The molecule has 2 atom stereocenters. The monoisotopic (exact) mass is 410 g/mol. The average molecular weight is 411 g/mol. The topological polar surface area (TPSA) is 101 Å². The van der Waals surface area contributed by atoms with Crippen LogP contribution in [0.5, 0.6) is 0 Å². The number of carbonyl (C=O) groups is 1. The molecule has 0 spiro atoms. The molecule has 1 aliphatic heterocycles. The SMILES string of the molecule is Cc1cc(N=C(N)c2c(C(C)C)cc[nH]c2=O)ccc1C(=O)N1C(C)COCC1C. The zero-order valence-electron chi connectivity index (χ0n) is 18.2. The van der Waals surface area contributed by atoms with Crippen LogP contribution in [0, 0.1) is 6.92 Å². The Morgan fingerprint density at radius 1 is 1.23 bits per heavy atom. The van der Waals surface area contributed by atoms with Gasteiger partial charge in [0.15, 0.2) is 0 Å². The number of morpholine rings is 1. The number of hydrogen-bond donors (Lipinski definition) is 2. The molecule has 0 radical (unpaired) electrons. The van der Waals surface area contributed by atoms with E-state index in [0.717, 1.165) is 11.1 Å². The Hall–Kier alpha value is -2.93. The first-order valence-electron chi connectivity index (χ1n) is 10.3. The Kier molecular flexibility index (Phi) is 6.41. The highest BCUT2D eigenvalue weighted by Gasteiger charge is 2.31. The normalized spacial score (nSPS) is 19.9. The third-order valence-electron chi connectivity index (χ3n) is 5.46. The van der Waals surface area contributed by atoms with E-state index < -0.39 is 0 Å². The number of rotatable bonds is 4. The van der Waals surface area contributed by atoms with Crippen molar-refractivity contribution >= 4 is 17.4 Å². The largest absolute Gasteiger partial charge is 0.383 e. The highest BCUT2D eigenvalue weighted by atomic mass is 16.5. The van der Waals surface area contributed by atoms with E-state index in [1.807, 2.05) is 51.7 Å². The number of aromatic nitrogens is 1. The number of nitrogens with zero attached hydrogens (tertiary/aromatic N) is 2. The van der Waals surface area contributed by atoms with E-state index in [1.54, 1.807) is 18.3 Å². The maximum absolute atomic E-state index is 13.1. The number of ether oxygens (including phenoxy) is 1. The van der Waals surface area contributed by atoms with E-state index in [1.165, 1.54) is 0 Å². The first-order valence-corrected chi connectivity index (χ1v) is 10.3. The summed E-state index contributed by atoms with van der Waals surface area (Å²) < 4.78 is 5.53. The third kappa shape index (κ3) is 4.31. The molecule has 1 amide bonds. The van der Waals surface area contributed by atoms with Crippen LogP contribution in [0.3, 0.4) is 0 Å². The standard InChI is InChI=1S/C23H30N4O3/c1-13(2)18-8-9-25-22(28)20(18)21(24)26-17-6-7-19(14(3)10-17)23(29)27-15(4)11-30-12-16(27)5/h6-10,13,15-16H,11-12H2,1-5H3,(H2,24,26)(H,25,28). The molecule has 1 saturated heterocycles. The fraction of sp³-hybridized carbons (Fsp3) is 0.435. The summed E-state index contributed by atoms with van der Waals surface area (Å²) in [5, 5.41) is 0. The highest BCUT2D eigenvalue weighted by molar-refractivity contribution is 6.00. The van der Waals surface area contributed by atoms with Crippen LogP contribution in [0.2, 0.25) is 0 Å². The highest BCUT2D eigenvalue weighted by Crippen LogP contribution is 2.24. The van der Waals surface area contributed by atoms with Crippen LogP contribution >= 0.6 is 0 Å². The summed E-state index contributed by atoms with van der Waals surface area (Å²) in [5.41, 5.74) is 9.23. The Morgan fingerprint density at radius 3 is 2.50 bits per heavy atom. The van der Waals surface area contributed by atoms with E-state index in [9.17, 15) is 9.59 Å². The number of amides is 1. The van der Waals surface area contributed by atoms with Gasteiger partial charge in [-0.05, 0) is 62.1 Å². The van der Waals surface area contributed by atoms with Crippen molar-refractivity contribution in [1.29, 1.82) is 0 Å². The van der Waals surface area contributed by atoms with Gasteiger partial charge in [-0.15, -0.1) is 0 Å². The Morgan fingerprint density at radius 2 is 1.90 bits per heavy atom. The van der Waals surface area contributed by atoms with Crippen LogP contribution in [0.25, 0.3) is 0 Å². The first kappa shape index (κ1) is 21.8. The van der Waals surface area contributed by atoms with Gasteiger partial charge in [0.05, 0.1) is 36.5 Å². The van der Waals surface area contributed by atoms with Gasteiger partial charge in [0.25, 0.3) is 11.5 Å². The predicted octanol–water partition coefficient (Wildman–Crippen LogP) is 3.09. The fourth-order valence-corrected chi connectivity index (χ4v) is 3.93. The minimum Gasteiger partial charge on any atom is -0.383 e. The molecule has 0 saturated carbocycles. The van der Waals surface area contributed by atoms with E-state index in [2.05, 4.69) is 9.98 Å².